The Kier molecular flexibility index (Phi) is 6.25. The molecule has 4 rings (SSSR count). The van der Waals surface area contributed by atoms with Crippen molar-refractivity contribution in [2.24, 2.45) is 0 Å². The van der Waals surface area contributed by atoms with E-state index >= 15 is 8.78 Å². The molecule has 0 aromatic heterocycles. The maximum Gasteiger partial charge on any atom is 0.350 e. The number of halogens is 2. The predicted molar refractivity (Wildman–Crippen MR) is 115 cm³/mol. The van der Waals surface area contributed by atoms with Crippen LogP contribution >= 0.6 is 23.5 Å². The van der Waals surface area contributed by atoms with Crippen molar-refractivity contribution < 1.29 is 13.5 Å². The van der Waals surface area contributed by atoms with Gasteiger partial charge in [-0.05, 0) is 48.0 Å². The van der Waals surface area contributed by atoms with Gasteiger partial charge in [-0.3, -0.25) is 5.32 Å². The van der Waals surface area contributed by atoms with Crippen LogP contribution in [0.4, 0.5) is 8.78 Å². The molecule has 2 atom stereocenters. The molecule has 0 spiro atoms. The van der Waals surface area contributed by atoms with Crippen LogP contribution in [-0.2, 0) is 11.2 Å². The summed E-state index contributed by atoms with van der Waals surface area (Å²) in [6.45, 7) is 0.222. The molecule has 1 N–H and O–H groups in total. The summed E-state index contributed by atoms with van der Waals surface area (Å²) in [5.41, 5.74) is 1.09. The SMILES string of the molecule is FC(F)(Sc1ccccc1)[C@]1(Sc2ccccc2)N[C@@H](Cc2ccccc2)CO1. The zero-order valence-electron chi connectivity index (χ0n) is 15.6. The highest BCUT2D eigenvalue weighted by atomic mass is 32.2. The van der Waals surface area contributed by atoms with Crippen LogP contribution in [0.3, 0.4) is 0 Å². The van der Waals surface area contributed by atoms with Crippen LogP contribution in [0.2, 0.25) is 0 Å². The van der Waals surface area contributed by atoms with Gasteiger partial charge in [-0.2, -0.15) is 8.78 Å². The smallest absolute Gasteiger partial charge is 0.343 e. The van der Waals surface area contributed by atoms with Gasteiger partial charge < -0.3 is 4.74 Å². The summed E-state index contributed by atoms with van der Waals surface area (Å²) in [7, 11) is 0. The lowest BCUT2D eigenvalue weighted by molar-refractivity contribution is -0.0815. The fourth-order valence-electron chi connectivity index (χ4n) is 3.22. The molecule has 1 aliphatic heterocycles. The van der Waals surface area contributed by atoms with Gasteiger partial charge >= 0.3 is 5.25 Å². The number of nitrogens with one attached hydrogen (secondary N) is 1. The van der Waals surface area contributed by atoms with E-state index in [0.29, 0.717) is 23.1 Å². The summed E-state index contributed by atoms with van der Waals surface area (Å²) in [6, 6.07) is 27.6. The maximum absolute atomic E-state index is 15.6. The summed E-state index contributed by atoms with van der Waals surface area (Å²) in [6.07, 6.45) is 0.629. The predicted octanol–water partition coefficient (Wildman–Crippen LogP) is 6.05. The Morgan fingerprint density at radius 3 is 2.03 bits per heavy atom. The molecule has 2 nitrogen and oxygen atoms in total. The highest BCUT2D eigenvalue weighted by Crippen LogP contribution is 2.53. The zero-order valence-corrected chi connectivity index (χ0v) is 17.3. The molecule has 0 aliphatic carbocycles. The molecule has 0 bridgehead atoms. The van der Waals surface area contributed by atoms with Gasteiger partial charge in [0.2, 0.25) is 5.06 Å². The lowest BCUT2D eigenvalue weighted by atomic mass is 10.1. The molecule has 3 aromatic rings. The van der Waals surface area contributed by atoms with Gasteiger partial charge in [0.05, 0.1) is 6.61 Å². The molecule has 6 heteroatoms. The van der Waals surface area contributed by atoms with E-state index in [1.807, 2.05) is 66.7 Å². The van der Waals surface area contributed by atoms with Crippen LogP contribution in [0.15, 0.2) is 101 Å². The Hall–Kier alpha value is -1.86. The Morgan fingerprint density at radius 1 is 0.862 bits per heavy atom. The van der Waals surface area contributed by atoms with E-state index in [1.54, 1.807) is 24.3 Å². The van der Waals surface area contributed by atoms with Crippen molar-refractivity contribution in [3.63, 3.8) is 0 Å². The highest BCUT2D eigenvalue weighted by molar-refractivity contribution is 8.04. The third-order valence-corrected chi connectivity index (χ3v) is 7.05. The standard InChI is InChI=1S/C23H21F2NOS2/c24-22(25,28-20-12-6-2-7-13-20)23(29-21-14-8-3-9-15-21)26-19(17-27-23)16-18-10-4-1-5-11-18/h1-15,19,26H,16-17H2/t19-,23-/m0/s1. The van der Waals surface area contributed by atoms with E-state index in [-0.39, 0.29) is 12.6 Å². The fourth-order valence-corrected chi connectivity index (χ4v) is 5.41. The van der Waals surface area contributed by atoms with Gasteiger partial charge in [-0.15, -0.1) is 0 Å². The van der Waals surface area contributed by atoms with Crippen molar-refractivity contribution in [3.05, 3.63) is 96.6 Å². The van der Waals surface area contributed by atoms with Gasteiger partial charge in [-0.25, -0.2) is 0 Å². The van der Waals surface area contributed by atoms with E-state index in [9.17, 15) is 0 Å². The van der Waals surface area contributed by atoms with Crippen molar-refractivity contribution in [2.45, 2.75) is 32.6 Å². The molecule has 150 valence electrons. The summed E-state index contributed by atoms with van der Waals surface area (Å²) >= 11 is 1.56. The Labute approximate surface area is 178 Å². The second-order valence-electron chi connectivity index (χ2n) is 6.81. The summed E-state index contributed by atoms with van der Waals surface area (Å²) in [5.74, 6) is 0. The Morgan fingerprint density at radius 2 is 1.41 bits per heavy atom. The van der Waals surface area contributed by atoms with E-state index in [1.165, 1.54) is 0 Å². The van der Waals surface area contributed by atoms with Gasteiger partial charge in [0.15, 0.2) is 0 Å². The molecule has 1 fully saturated rings. The topological polar surface area (TPSA) is 21.3 Å². The number of benzene rings is 3. The molecule has 0 radical (unpaired) electrons. The number of hydrogen-bond acceptors (Lipinski definition) is 4. The third-order valence-electron chi connectivity index (χ3n) is 4.58. The average Bonchev–Trinajstić information content (AvgIpc) is 3.14. The molecular formula is C23H21F2NOS2. The summed E-state index contributed by atoms with van der Waals surface area (Å²) in [4.78, 5) is 1.23. The number of ether oxygens (including phenoxy) is 1. The second-order valence-corrected chi connectivity index (χ2v) is 9.24. The van der Waals surface area contributed by atoms with Crippen LogP contribution in [0, 0.1) is 0 Å². The molecule has 0 amide bonds. The average molecular weight is 430 g/mol. The first-order valence-corrected chi connectivity index (χ1v) is 11.0. The number of hydrogen-bond donors (Lipinski definition) is 1. The first-order valence-electron chi connectivity index (χ1n) is 9.38. The zero-order chi connectivity index (χ0) is 20.2. The van der Waals surface area contributed by atoms with Gasteiger partial charge in [-0.1, -0.05) is 78.5 Å². The van der Waals surface area contributed by atoms with E-state index in [4.69, 9.17) is 4.74 Å². The second kappa shape index (κ2) is 8.88. The third kappa shape index (κ3) is 4.83. The van der Waals surface area contributed by atoms with Gasteiger partial charge in [0.25, 0.3) is 0 Å². The normalized spacial score (nSPS) is 21.9. The first-order chi connectivity index (χ1) is 14.1. The first kappa shape index (κ1) is 20.4. The Bertz CT molecular complexity index is 912. The van der Waals surface area contributed by atoms with Crippen molar-refractivity contribution in [2.75, 3.05) is 6.61 Å². The maximum atomic E-state index is 15.6. The molecule has 0 saturated carbocycles. The van der Waals surface area contributed by atoms with Crippen LogP contribution < -0.4 is 5.32 Å². The molecule has 3 aromatic carbocycles. The van der Waals surface area contributed by atoms with E-state index < -0.39 is 10.3 Å². The van der Waals surface area contributed by atoms with Crippen LogP contribution in [0.1, 0.15) is 5.56 Å². The number of rotatable bonds is 7. The molecule has 1 heterocycles. The number of thioether (sulfide) groups is 2. The summed E-state index contributed by atoms with van der Waals surface area (Å²) in [5, 5.41) is -1.92. The van der Waals surface area contributed by atoms with Crippen molar-refractivity contribution >= 4 is 23.5 Å². The van der Waals surface area contributed by atoms with E-state index in [2.05, 4.69) is 5.32 Å². The highest BCUT2D eigenvalue weighted by Gasteiger charge is 2.60. The van der Waals surface area contributed by atoms with Crippen molar-refractivity contribution in [3.8, 4) is 0 Å². The minimum absolute atomic E-state index is 0.198. The van der Waals surface area contributed by atoms with Crippen LogP contribution in [-0.4, -0.2) is 23.0 Å². The van der Waals surface area contributed by atoms with Gasteiger partial charge in [0.1, 0.15) is 0 Å². The largest absolute Gasteiger partial charge is 0.350 e. The quantitative estimate of drug-likeness (QED) is 0.462. The van der Waals surface area contributed by atoms with Crippen molar-refractivity contribution in [1.29, 1.82) is 0 Å². The molecule has 0 unspecified atom stereocenters. The minimum Gasteiger partial charge on any atom is -0.343 e. The molecule has 29 heavy (non-hydrogen) atoms. The van der Waals surface area contributed by atoms with Crippen LogP contribution in [0.25, 0.3) is 0 Å². The molecule has 1 aliphatic rings. The fraction of sp³-hybridized carbons (Fsp3) is 0.217. The molecular weight excluding hydrogens is 408 g/mol. The number of alkyl halides is 2. The van der Waals surface area contributed by atoms with Crippen LogP contribution in [0.5, 0.6) is 0 Å². The summed E-state index contributed by atoms with van der Waals surface area (Å²) < 4.78 is 37.1. The monoisotopic (exact) mass is 429 g/mol. The lowest BCUT2D eigenvalue weighted by Crippen LogP contribution is -2.53. The Balaban J connectivity index is 1.59. The minimum atomic E-state index is -3.19. The molecule has 1 saturated heterocycles. The lowest BCUT2D eigenvalue weighted by Gasteiger charge is -2.35. The van der Waals surface area contributed by atoms with Crippen molar-refractivity contribution in [1.82, 2.24) is 5.32 Å². The van der Waals surface area contributed by atoms with E-state index in [0.717, 1.165) is 22.2 Å². The van der Waals surface area contributed by atoms with Gasteiger partial charge in [0, 0.05) is 15.8 Å².